The van der Waals surface area contributed by atoms with Crippen LogP contribution in [0.1, 0.15) is 30.7 Å². The highest BCUT2D eigenvalue weighted by Gasteiger charge is 2.22. The largest absolute Gasteiger partial charge is 0.494 e. The first-order valence-electron chi connectivity index (χ1n) is 8.52. The van der Waals surface area contributed by atoms with E-state index in [2.05, 4.69) is 15.6 Å². The van der Waals surface area contributed by atoms with Gasteiger partial charge in [-0.1, -0.05) is 6.07 Å². The number of aromatic nitrogens is 1. The van der Waals surface area contributed by atoms with Gasteiger partial charge in [-0.05, 0) is 38.1 Å². The van der Waals surface area contributed by atoms with E-state index in [1.54, 1.807) is 6.20 Å². The number of benzene rings is 1. The maximum absolute atomic E-state index is 12.0. The molecule has 1 aliphatic rings. The minimum absolute atomic E-state index is 0.175. The molecule has 0 aliphatic carbocycles. The summed E-state index contributed by atoms with van der Waals surface area (Å²) in [6.45, 7) is 5.32. The predicted octanol–water partition coefficient (Wildman–Crippen LogP) is 2.80. The van der Waals surface area contributed by atoms with Crippen molar-refractivity contribution in [1.82, 2.24) is 15.6 Å². The Morgan fingerprint density at radius 1 is 1.32 bits per heavy atom. The minimum Gasteiger partial charge on any atom is -0.494 e. The molecule has 6 heteroatoms. The molecule has 1 atom stereocenters. The number of carbonyl (C=O) groups is 1. The highest BCUT2D eigenvalue weighted by atomic mass is 16.5. The number of fused-ring (bicyclic) bond motifs is 1. The third-order valence-corrected chi connectivity index (χ3v) is 3.97. The summed E-state index contributed by atoms with van der Waals surface area (Å²) in [7, 11) is 0. The maximum Gasteiger partial charge on any atom is 0.315 e. The summed E-state index contributed by atoms with van der Waals surface area (Å²) >= 11 is 0. The zero-order valence-electron chi connectivity index (χ0n) is 14.5. The second-order valence-electron chi connectivity index (χ2n) is 5.99. The van der Waals surface area contributed by atoms with Gasteiger partial charge in [0, 0.05) is 30.3 Å². The van der Waals surface area contributed by atoms with E-state index < -0.39 is 0 Å². The highest BCUT2D eigenvalue weighted by molar-refractivity contribution is 5.73. The Balaban J connectivity index is 1.60. The van der Waals surface area contributed by atoms with E-state index in [9.17, 15) is 4.79 Å². The molecule has 2 heterocycles. The second kappa shape index (κ2) is 7.88. The lowest BCUT2D eigenvalue weighted by Crippen LogP contribution is -2.34. The Bertz CT molecular complexity index is 734. The number of urea groups is 1. The Morgan fingerprint density at radius 3 is 2.92 bits per heavy atom. The van der Waals surface area contributed by atoms with Gasteiger partial charge in [0.2, 0.25) is 0 Å². The third kappa shape index (κ3) is 4.41. The van der Waals surface area contributed by atoms with Crippen molar-refractivity contribution >= 4 is 6.03 Å². The van der Waals surface area contributed by atoms with E-state index in [0.717, 1.165) is 34.7 Å². The van der Waals surface area contributed by atoms with Crippen LogP contribution < -0.4 is 20.1 Å². The first-order valence-corrected chi connectivity index (χ1v) is 8.52. The van der Waals surface area contributed by atoms with Crippen molar-refractivity contribution in [1.29, 1.82) is 0 Å². The van der Waals surface area contributed by atoms with Crippen LogP contribution in [0.25, 0.3) is 0 Å². The monoisotopic (exact) mass is 341 g/mol. The van der Waals surface area contributed by atoms with Crippen LogP contribution in [-0.2, 0) is 19.5 Å². The van der Waals surface area contributed by atoms with E-state index in [-0.39, 0.29) is 12.1 Å². The Kier molecular flexibility index (Phi) is 5.38. The van der Waals surface area contributed by atoms with Crippen molar-refractivity contribution < 1.29 is 14.3 Å². The molecule has 0 spiro atoms. The molecule has 3 rings (SSSR count). The smallest absolute Gasteiger partial charge is 0.315 e. The van der Waals surface area contributed by atoms with Gasteiger partial charge in [-0.2, -0.15) is 0 Å². The van der Waals surface area contributed by atoms with E-state index in [1.807, 2.05) is 44.2 Å². The molecule has 0 bridgehead atoms. The zero-order valence-corrected chi connectivity index (χ0v) is 14.5. The maximum atomic E-state index is 12.0. The van der Waals surface area contributed by atoms with E-state index in [0.29, 0.717) is 19.7 Å². The van der Waals surface area contributed by atoms with Crippen LogP contribution in [0.15, 0.2) is 36.5 Å². The standard InChI is InChI=1S/C19H23N3O3/c1-3-24-17-9-14-8-13(2)25-18(14)10-15(17)11-21-19(23)22-12-16-6-4-5-7-20-16/h4-7,9-10,13H,3,8,11-12H2,1-2H3,(H2,21,22,23)/t13-/m1/s1. The molecule has 0 saturated carbocycles. The Hall–Kier alpha value is -2.76. The molecule has 6 nitrogen and oxygen atoms in total. The minimum atomic E-state index is -0.247. The number of rotatable bonds is 6. The predicted molar refractivity (Wildman–Crippen MR) is 94.7 cm³/mol. The van der Waals surface area contributed by atoms with Crippen LogP contribution in [-0.4, -0.2) is 23.7 Å². The van der Waals surface area contributed by atoms with Gasteiger partial charge in [0.1, 0.15) is 17.6 Å². The molecule has 1 aliphatic heterocycles. The summed E-state index contributed by atoms with van der Waals surface area (Å²) < 4.78 is 11.5. The van der Waals surface area contributed by atoms with Crippen LogP contribution in [0.2, 0.25) is 0 Å². The number of hydrogen-bond acceptors (Lipinski definition) is 4. The summed E-state index contributed by atoms with van der Waals surface area (Å²) in [6, 6.07) is 9.33. The number of hydrogen-bond donors (Lipinski definition) is 2. The molecule has 25 heavy (non-hydrogen) atoms. The van der Waals surface area contributed by atoms with Crippen molar-refractivity contribution in [2.45, 2.75) is 39.5 Å². The van der Waals surface area contributed by atoms with Crippen LogP contribution in [0.4, 0.5) is 4.79 Å². The number of ether oxygens (including phenoxy) is 2. The van der Waals surface area contributed by atoms with Crippen LogP contribution >= 0.6 is 0 Å². The molecule has 1 aromatic carbocycles. The molecule has 132 valence electrons. The molecule has 0 saturated heterocycles. The van der Waals surface area contributed by atoms with Crippen LogP contribution in [0.5, 0.6) is 11.5 Å². The van der Waals surface area contributed by atoms with E-state index in [4.69, 9.17) is 9.47 Å². The molecular weight excluding hydrogens is 318 g/mol. The number of nitrogens with one attached hydrogen (secondary N) is 2. The number of nitrogens with zero attached hydrogens (tertiary/aromatic N) is 1. The summed E-state index contributed by atoms with van der Waals surface area (Å²) in [6.07, 6.45) is 2.76. The lowest BCUT2D eigenvalue weighted by atomic mass is 10.1. The van der Waals surface area contributed by atoms with Gasteiger partial charge in [-0.3, -0.25) is 4.98 Å². The van der Waals surface area contributed by atoms with Gasteiger partial charge in [0.25, 0.3) is 0 Å². The first kappa shape index (κ1) is 17.1. The average molecular weight is 341 g/mol. The fourth-order valence-electron chi connectivity index (χ4n) is 2.82. The van der Waals surface area contributed by atoms with Crippen LogP contribution in [0.3, 0.4) is 0 Å². The molecule has 0 unspecified atom stereocenters. The van der Waals surface area contributed by atoms with Crippen molar-refractivity contribution in [2.75, 3.05) is 6.61 Å². The number of amides is 2. The van der Waals surface area contributed by atoms with Gasteiger partial charge in [0.15, 0.2) is 0 Å². The van der Waals surface area contributed by atoms with Crippen molar-refractivity contribution in [3.05, 3.63) is 53.3 Å². The fraction of sp³-hybridized carbons (Fsp3) is 0.368. The van der Waals surface area contributed by atoms with Crippen LogP contribution in [0, 0.1) is 0 Å². The molecule has 2 amide bonds. The summed E-state index contributed by atoms with van der Waals surface area (Å²) in [5, 5.41) is 5.65. The first-order chi connectivity index (χ1) is 12.2. The Labute approximate surface area is 147 Å². The van der Waals surface area contributed by atoms with Gasteiger partial charge in [0.05, 0.1) is 18.8 Å². The number of carbonyl (C=O) groups excluding carboxylic acids is 1. The van der Waals surface area contributed by atoms with Gasteiger partial charge in [-0.25, -0.2) is 4.79 Å². The highest BCUT2D eigenvalue weighted by Crippen LogP contribution is 2.35. The molecule has 2 N–H and O–H groups in total. The zero-order chi connectivity index (χ0) is 17.6. The van der Waals surface area contributed by atoms with Crippen molar-refractivity contribution in [3.63, 3.8) is 0 Å². The van der Waals surface area contributed by atoms with Crippen molar-refractivity contribution in [2.24, 2.45) is 0 Å². The lowest BCUT2D eigenvalue weighted by molar-refractivity contribution is 0.239. The fourth-order valence-corrected chi connectivity index (χ4v) is 2.82. The second-order valence-corrected chi connectivity index (χ2v) is 5.99. The van der Waals surface area contributed by atoms with Crippen molar-refractivity contribution in [3.8, 4) is 11.5 Å². The molecular formula is C19H23N3O3. The number of pyridine rings is 1. The van der Waals surface area contributed by atoms with Gasteiger partial charge < -0.3 is 20.1 Å². The van der Waals surface area contributed by atoms with E-state index in [1.165, 1.54) is 0 Å². The summed E-state index contributed by atoms with van der Waals surface area (Å²) in [5.41, 5.74) is 2.87. The normalized spacial score (nSPS) is 15.2. The average Bonchev–Trinajstić information content (AvgIpc) is 2.98. The SMILES string of the molecule is CCOc1cc2c(cc1CNC(=O)NCc1ccccn1)O[C@H](C)C2. The third-order valence-electron chi connectivity index (χ3n) is 3.97. The molecule has 2 aromatic rings. The summed E-state index contributed by atoms with van der Waals surface area (Å²) in [4.78, 5) is 16.2. The van der Waals surface area contributed by atoms with Gasteiger partial charge in [-0.15, -0.1) is 0 Å². The van der Waals surface area contributed by atoms with Gasteiger partial charge >= 0.3 is 6.03 Å². The summed E-state index contributed by atoms with van der Waals surface area (Å²) in [5.74, 6) is 1.67. The quantitative estimate of drug-likeness (QED) is 0.847. The topological polar surface area (TPSA) is 72.5 Å². The van der Waals surface area contributed by atoms with E-state index >= 15 is 0 Å². The Morgan fingerprint density at radius 2 is 2.16 bits per heavy atom. The molecule has 1 aromatic heterocycles. The molecule has 0 fully saturated rings. The lowest BCUT2D eigenvalue weighted by Gasteiger charge is -2.13. The molecule has 0 radical (unpaired) electrons.